The van der Waals surface area contributed by atoms with E-state index < -0.39 is 28.4 Å². The molecule has 3 aromatic rings. The third-order valence-electron chi connectivity index (χ3n) is 7.09. The fraction of sp³-hybridized carbons (Fsp3) is 0.323. The Morgan fingerprint density at radius 3 is 2.26 bits per heavy atom. The van der Waals surface area contributed by atoms with Gasteiger partial charge in [-0.05, 0) is 58.4 Å². The molecule has 1 aliphatic rings. The molecule has 2 aromatic carbocycles. The number of carbonyl (C=O) groups excluding carboxylic acids is 2. The number of hydrogen-bond acceptors (Lipinski definition) is 10. The van der Waals surface area contributed by atoms with Crippen molar-refractivity contribution >= 4 is 40.0 Å². The topological polar surface area (TPSA) is 141 Å². The average molecular weight is 576 g/mol. The van der Waals surface area contributed by atoms with Crippen molar-refractivity contribution in [3.63, 3.8) is 0 Å². The van der Waals surface area contributed by atoms with Gasteiger partial charge in [0.05, 0.1) is 46.5 Å². The van der Waals surface area contributed by atoms with Gasteiger partial charge in [-0.3, -0.25) is 10.1 Å². The number of nitrogens with one attached hydrogen (secondary N) is 1. The van der Waals surface area contributed by atoms with Gasteiger partial charge < -0.3 is 24.1 Å². The van der Waals surface area contributed by atoms with Crippen molar-refractivity contribution in [3.05, 3.63) is 97.0 Å². The highest BCUT2D eigenvalue weighted by Gasteiger charge is 2.40. The van der Waals surface area contributed by atoms with Crippen LogP contribution >= 0.6 is 0 Å². The lowest BCUT2D eigenvalue weighted by Gasteiger charge is -2.31. The second-order valence-electron chi connectivity index (χ2n) is 9.52. The average Bonchev–Trinajstić information content (AvgIpc) is 2.97. The highest BCUT2D eigenvalue weighted by atomic mass is 16.6. The molecule has 2 heterocycles. The Hall–Kier alpha value is -4.93. The van der Waals surface area contributed by atoms with Crippen molar-refractivity contribution in [1.82, 2.24) is 5.32 Å². The van der Waals surface area contributed by atoms with E-state index >= 15 is 0 Å². The number of allylic oxidation sites excluding steroid dienone is 1. The first-order valence-electron chi connectivity index (χ1n) is 13.8. The first-order valence-corrected chi connectivity index (χ1v) is 13.8. The molecule has 11 heteroatoms. The molecule has 0 spiro atoms. The number of ether oxygens (including phenoxy) is 2. The first kappa shape index (κ1) is 30.0. The van der Waals surface area contributed by atoms with Crippen LogP contribution in [-0.4, -0.2) is 43.2 Å². The lowest BCUT2D eigenvalue weighted by Crippen LogP contribution is -2.34. The van der Waals surface area contributed by atoms with Crippen molar-refractivity contribution in [2.24, 2.45) is 0 Å². The lowest BCUT2D eigenvalue weighted by molar-refractivity contribution is -0.384. The van der Waals surface area contributed by atoms with Gasteiger partial charge in [0, 0.05) is 48.1 Å². The van der Waals surface area contributed by atoms with Crippen LogP contribution in [0.25, 0.3) is 16.7 Å². The molecule has 42 heavy (non-hydrogen) atoms. The van der Waals surface area contributed by atoms with Crippen molar-refractivity contribution in [2.45, 2.75) is 40.5 Å². The molecule has 1 atom stereocenters. The smallest absolute Gasteiger partial charge is 0.345 e. The normalized spacial score (nSPS) is 14.9. The molecule has 4 rings (SSSR count). The van der Waals surface area contributed by atoms with E-state index in [1.807, 2.05) is 26.0 Å². The molecular formula is C31H33N3O8. The predicted molar refractivity (Wildman–Crippen MR) is 158 cm³/mol. The van der Waals surface area contributed by atoms with Gasteiger partial charge in [-0.1, -0.05) is 12.1 Å². The van der Waals surface area contributed by atoms with E-state index in [-0.39, 0.29) is 46.9 Å². The zero-order chi connectivity index (χ0) is 30.6. The number of anilines is 1. The maximum Gasteiger partial charge on any atom is 0.345 e. The maximum atomic E-state index is 13.6. The van der Waals surface area contributed by atoms with Gasteiger partial charge >= 0.3 is 17.6 Å². The van der Waals surface area contributed by atoms with Crippen LogP contribution in [0.15, 0.2) is 74.6 Å². The first-order chi connectivity index (χ1) is 20.1. The molecule has 1 aliphatic heterocycles. The Bertz CT molecular complexity index is 1670. The summed E-state index contributed by atoms with van der Waals surface area (Å²) in [5.74, 6) is -2.66. The Labute approximate surface area is 242 Å². The highest BCUT2D eigenvalue weighted by Crippen LogP contribution is 2.42. The van der Waals surface area contributed by atoms with Crippen LogP contribution in [0, 0.1) is 10.1 Å². The zero-order valence-electron chi connectivity index (χ0n) is 24.2. The summed E-state index contributed by atoms with van der Waals surface area (Å²) in [4.78, 5) is 53.5. The van der Waals surface area contributed by atoms with E-state index in [4.69, 9.17) is 13.9 Å². The Balaban J connectivity index is 2.01. The maximum absolute atomic E-state index is 13.6. The summed E-state index contributed by atoms with van der Waals surface area (Å²) < 4.78 is 16.5. The van der Waals surface area contributed by atoms with Crippen LogP contribution in [0.5, 0.6) is 0 Å². The number of esters is 2. The van der Waals surface area contributed by atoms with E-state index in [1.54, 1.807) is 39.0 Å². The molecule has 1 N–H and O–H groups in total. The number of non-ortho nitro benzene ring substituents is 1. The Morgan fingerprint density at radius 1 is 0.976 bits per heavy atom. The second kappa shape index (κ2) is 12.7. The summed E-state index contributed by atoms with van der Waals surface area (Å²) in [7, 11) is 0. The van der Waals surface area contributed by atoms with Crippen LogP contribution in [0.3, 0.4) is 0 Å². The number of fused-ring (bicyclic) bond motifs is 1. The molecule has 0 amide bonds. The van der Waals surface area contributed by atoms with Crippen molar-refractivity contribution in [1.29, 1.82) is 0 Å². The molecule has 1 unspecified atom stereocenters. The highest BCUT2D eigenvalue weighted by molar-refractivity contribution is 6.05. The van der Waals surface area contributed by atoms with E-state index in [2.05, 4.69) is 10.2 Å². The van der Waals surface area contributed by atoms with Crippen molar-refractivity contribution in [2.75, 3.05) is 31.2 Å². The minimum atomic E-state index is -1.14. The number of benzene rings is 2. The monoisotopic (exact) mass is 575 g/mol. The van der Waals surface area contributed by atoms with Crippen LogP contribution in [0.1, 0.15) is 51.7 Å². The molecule has 220 valence electrons. The number of dihydropyridines is 1. The summed E-state index contributed by atoms with van der Waals surface area (Å²) in [5, 5.41) is 15.3. The van der Waals surface area contributed by atoms with Crippen LogP contribution < -0.4 is 15.8 Å². The summed E-state index contributed by atoms with van der Waals surface area (Å²) in [6, 6.07) is 12.8. The molecule has 0 fully saturated rings. The number of rotatable bonds is 10. The van der Waals surface area contributed by atoms with Crippen LogP contribution in [0.4, 0.5) is 11.4 Å². The quantitative estimate of drug-likeness (QED) is 0.151. The molecular weight excluding hydrogens is 542 g/mol. The molecule has 0 saturated carbocycles. The minimum Gasteiger partial charge on any atom is -0.463 e. The van der Waals surface area contributed by atoms with Gasteiger partial charge in [0.2, 0.25) is 0 Å². The predicted octanol–water partition coefficient (Wildman–Crippen LogP) is 5.05. The number of nitrogens with zero attached hydrogens (tertiary/aromatic N) is 2. The largest absolute Gasteiger partial charge is 0.463 e. The third-order valence-corrected chi connectivity index (χ3v) is 7.09. The number of hydrogen-bond donors (Lipinski definition) is 1. The summed E-state index contributed by atoms with van der Waals surface area (Å²) in [6.45, 7) is 10.6. The molecule has 0 saturated heterocycles. The Morgan fingerprint density at radius 2 is 1.64 bits per heavy atom. The van der Waals surface area contributed by atoms with Gasteiger partial charge in [0.1, 0.15) is 5.58 Å². The molecule has 0 bridgehead atoms. The van der Waals surface area contributed by atoms with Crippen LogP contribution in [0.2, 0.25) is 0 Å². The van der Waals surface area contributed by atoms with Gasteiger partial charge in [-0.15, -0.1) is 0 Å². The van der Waals surface area contributed by atoms with Gasteiger partial charge in [-0.2, -0.15) is 0 Å². The molecule has 0 radical (unpaired) electrons. The van der Waals surface area contributed by atoms with E-state index in [1.165, 1.54) is 18.2 Å². The second-order valence-corrected chi connectivity index (χ2v) is 9.52. The fourth-order valence-electron chi connectivity index (χ4n) is 5.16. The van der Waals surface area contributed by atoms with Crippen LogP contribution in [-0.2, 0) is 19.1 Å². The lowest BCUT2D eigenvalue weighted by atomic mass is 9.79. The minimum absolute atomic E-state index is 0.00910. The molecule has 1 aromatic heterocycles. The van der Waals surface area contributed by atoms with Gasteiger partial charge in [0.15, 0.2) is 0 Å². The van der Waals surface area contributed by atoms with E-state index in [9.17, 15) is 24.5 Å². The third kappa shape index (κ3) is 5.76. The van der Waals surface area contributed by atoms with Gasteiger partial charge in [-0.25, -0.2) is 14.4 Å². The number of carbonyl (C=O) groups is 2. The molecule has 11 nitrogen and oxygen atoms in total. The summed E-state index contributed by atoms with van der Waals surface area (Å²) in [6.07, 6.45) is 0. The Kier molecular flexibility index (Phi) is 9.09. The SMILES string of the molecule is CCOC(=O)C1=C(C)NC(c2cc3ccc(N(CC)CC)cc3oc2=O)=C(C(=O)OCC)C1c1cccc([N+](=O)[O-])c1. The van der Waals surface area contributed by atoms with Gasteiger partial charge in [0.25, 0.3) is 5.69 Å². The van der Waals surface area contributed by atoms with E-state index in [0.29, 0.717) is 16.7 Å². The fourth-order valence-corrected chi connectivity index (χ4v) is 5.16. The van der Waals surface area contributed by atoms with E-state index in [0.717, 1.165) is 18.8 Å². The van der Waals surface area contributed by atoms with Crippen molar-refractivity contribution in [3.8, 4) is 0 Å². The summed E-state index contributed by atoms with van der Waals surface area (Å²) in [5.41, 5.74) is 1.03. The number of nitro benzene ring substituents is 1. The zero-order valence-corrected chi connectivity index (χ0v) is 24.2. The summed E-state index contributed by atoms with van der Waals surface area (Å²) >= 11 is 0. The number of nitro groups is 1. The van der Waals surface area contributed by atoms with Crippen molar-refractivity contribution < 1.29 is 28.4 Å². The molecule has 0 aliphatic carbocycles. The standard InChI is InChI=1S/C31H33N3O8/c1-6-33(7-2)21-14-13-19-16-23(29(35)42-24(19)17-21)28-27(31(37)41-9-4)26(20-11-10-12-22(15-20)34(38)39)25(18(5)32-28)30(36)40-8-3/h10-17,26,32H,6-9H2,1-5H3.